The second-order valence-corrected chi connectivity index (χ2v) is 10.0. The number of nitrogens with zero attached hydrogens (tertiary/aromatic N) is 4. The maximum absolute atomic E-state index is 13.1. The van der Waals surface area contributed by atoms with E-state index in [4.69, 9.17) is 27.9 Å². The van der Waals surface area contributed by atoms with Crippen molar-refractivity contribution in [3.05, 3.63) is 61.0 Å². The SMILES string of the molecule is O=c1[nH]c(=O)n(-c2cc(Cl)c(Oc3cc(S(=O)(=O)N4CC(F)(F)C4)c(O)cn3)c(Cl)c2)nc1C(F)F. The van der Waals surface area contributed by atoms with E-state index in [2.05, 4.69) is 10.1 Å². The molecule has 3 aromatic rings. The number of H-pyrrole nitrogens is 1. The summed E-state index contributed by atoms with van der Waals surface area (Å²) in [6.45, 7) is -2.14. The second-order valence-electron chi connectivity index (χ2n) is 7.32. The Kier molecular flexibility index (Phi) is 6.48. The number of rotatable bonds is 6. The molecule has 3 heterocycles. The van der Waals surface area contributed by atoms with Crippen LogP contribution >= 0.6 is 23.2 Å². The maximum Gasteiger partial charge on any atom is 0.349 e. The summed E-state index contributed by atoms with van der Waals surface area (Å²) in [5.41, 5.74) is -4.02. The lowest BCUT2D eigenvalue weighted by atomic mass is 10.2. The highest BCUT2D eigenvalue weighted by Crippen LogP contribution is 2.40. The minimum Gasteiger partial charge on any atom is -0.505 e. The van der Waals surface area contributed by atoms with E-state index in [1.807, 2.05) is 0 Å². The Morgan fingerprint density at radius 3 is 2.31 bits per heavy atom. The van der Waals surface area contributed by atoms with Crippen molar-refractivity contribution in [1.29, 1.82) is 0 Å². The summed E-state index contributed by atoms with van der Waals surface area (Å²) in [7, 11) is -4.52. The highest BCUT2D eigenvalue weighted by Gasteiger charge is 2.50. The minimum absolute atomic E-state index is 0.235. The van der Waals surface area contributed by atoms with E-state index >= 15 is 0 Å². The van der Waals surface area contributed by atoms with Crippen molar-refractivity contribution in [1.82, 2.24) is 24.1 Å². The number of benzene rings is 1. The van der Waals surface area contributed by atoms with Crippen molar-refractivity contribution in [2.24, 2.45) is 0 Å². The van der Waals surface area contributed by atoms with Crippen LogP contribution in [-0.2, 0) is 10.0 Å². The molecule has 0 aliphatic carbocycles. The van der Waals surface area contributed by atoms with Gasteiger partial charge in [-0.25, -0.2) is 35.8 Å². The van der Waals surface area contributed by atoms with Crippen LogP contribution in [0.4, 0.5) is 17.6 Å². The van der Waals surface area contributed by atoms with Crippen LogP contribution in [0.3, 0.4) is 0 Å². The van der Waals surface area contributed by atoms with Gasteiger partial charge in [0.25, 0.3) is 17.9 Å². The first-order valence-electron chi connectivity index (χ1n) is 9.45. The molecule has 0 spiro atoms. The van der Waals surface area contributed by atoms with Crippen LogP contribution in [0.1, 0.15) is 12.1 Å². The molecule has 1 fully saturated rings. The van der Waals surface area contributed by atoms with Crippen molar-refractivity contribution in [2.45, 2.75) is 17.2 Å². The van der Waals surface area contributed by atoms with Gasteiger partial charge >= 0.3 is 5.69 Å². The molecule has 18 heteroatoms. The van der Waals surface area contributed by atoms with E-state index in [1.165, 1.54) is 0 Å². The molecule has 0 bridgehead atoms. The smallest absolute Gasteiger partial charge is 0.349 e. The number of alkyl halides is 4. The van der Waals surface area contributed by atoms with Crippen LogP contribution < -0.4 is 16.0 Å². The molecule has 192 valence electrons. The summed E-state index contributed by atoms with van der Waals surface area (Å²) in [5, 5.41) is 12.6. The third-order valence-electron chi connectivity index (χ3n) is 4.75. The molecular formula is C18H11Cl2F4N5O6S. The molecule has 36 heavy (non-hydrogen) atoms. The number of hydrogen-bond acceptors (Lipinski definition) is 8. The number of nitrogens with one attached hydrogen (secondary N) is 1. The van der Waals surface area contributed by atoms with Crippen LogP contribution in [0, 0.1) is 0 Å². The second kappa shape index (κ2) is 9.02. The van der Waals surface area contributed by atoms with Gasteiger partial charge in [-0.3, -0.25) is 9.78 Å². The van der Waals surface area contributed by atoms with Crippen molar-refractivity contribution < 1.29 is 35.8 Å². The molecule has 11 nitrogen and oxygen atoms in total. The number of aromatic hydroxyl groups is 1. The van der Waals surface area contributed by atoms with Gasteiger partial charge in [0.2, 0.25) is 15.9 Å². The highest BCUT2D eigenvalue weighted by atomic mass is 35.5. The van der Waals surface area contributed by atoms with Gasteiger partial charge in [0.15, 0.2) is 17.2 Å². The average molecular weight is 572 g/mol. The zero-order valence-corrected chi connectivity index (χ0v) is 19.6. The number of halogens is 6. The van der Waals surface area contributed by atoms with E-state index in [0.29, 0.717) is 15.2 Å². The third-order valence-corrected chi connectivity index (χ3v) is 7.13. The van der Waals surface area contributed by atoms with Gasteiger partial charge in [-0.05, 0) is 12.1 Å². The summed E-state index contributed by atoms with van der Waals surface area (Å²) >= 11 is 12.3. The van der Waals surface area contributed by atoms with E-state index in [0.717, 1.165) is 18.2 Å². The standard InChI is InChI=1S/C18H11Cl2F4N5O6S/c19-8-1-7(29-17(32)26-16(31)13(27-29)15(21)22)2-9(20)14(8)35-12-3-11(10(30)4-25-12)36(33,34)28-5-18(23,24)6-28/h1-4,15,30H,5-6H2,(H,26,31,32). The van der Waals surface area contributed by atoms with Crippen LogP contribution in [0.25, 0.3) is 5.69 Å². The molecule has 1 aromatic carbocycles. The van der Waals surface area contributed by atoms with Crippen molar-refractivity contribution in [2.75, 3.05) is 13.1 Å². The predicted molar refractivity (Wildman–Crippen MR) is 115 cm³/mol. The first-order valence-corrected chi connectivity index (χ1v) is 11.7. The third kappa shape index (κ3) is 4.76. The average Bonchev–Trinajstić information content (AvgIpc) is 2.75. The summed E-state index contributed by atoms with van der Waals surface area (Å²) in [4.78, 5) is 28.1. The first-order chi connectivity index (χ1) is 16.7. The zero-order chi connectivity index (χ0) is 26.6. The van der Waals surface area contributed by atoms with Gasteiger partial charge < -0.3 is 9.84 Å². The number of sulfonamides is 1. The lowest BCUT2D eigenvalue weighted by Gasteiger charge is -2.37. The van der Waals surface area contributed by atoms with Crippen LogP contribution in [0.15, 0.2) is 38.9 Å². The lowest BCUT2D eigenvalue weighted by molar-refractivity contribution is -0.0945. The molecule has 1 saturated heterocycles. The molecular weight excluding hydrogens is 561 g/mol. The Labute approximate surface area is 207 Å². The van der Waals surface area contributed by atoms with Gasteiger partial charge in [-0.1, -0.05) is 23.2 Å². The fraction of sp³-hybridized carbons (Fsp3) is 0.222. The van der Waals surface area contributed by atoms with Crippen LogP contribution in [0.2, 0.25) is 10.0 Å². The maximum atomic E-state index is 13.1. The van der Waals surface area contributed by atoms with Crippen molar-refractivity contribution >= 4 is 33.2 Å². The first kappa shape index (κ1) is 25.9. The van der Waals surface area contributed by atoms with Gasteiger partial charge in [-0.2, -0.15) is 14.1 Å². The normalized spacial score (nSPS) is 15.6. The van der Waals surface area contributed by atoms with Gasteiger partial charge in [0, 0.05) is 6.07 Å². The summed E-state index contributed by atoms with van der Waals surface area (Å²) in [6, 6.07) is 2.79. The fourth-order valence-electron chi connectivity index (χ4n) is 3.05. The molecule has 0 atom stereocenters. The monoisotopic (exact) mass is 571 g/mol. The molecule has 0 saturated carbocycles. The van der Waals surface area contributed by atoms with E-state index in [1.54, 1.807) is 4.98 Å². The number of aromatic amines is 1. The molecule has 0 amide bonds. The number of pyridine rings is 1. The van der Waals surface area contributed by atoms with E-state index in [-0.39, 0.29) is 21.5 Å². The molecule has 2 aromatic heterocycles. The topological polar surface area (TPSA) is 147 Å². The van der Waals surface area contributed by atoms with E-state index < -0.39 is 68.9 Å². The Hall–Kier alpha value is -3.21. The minimum atomic E-state index is -4.52. The molecule has 0 radical (unpaired) electrons. The van der Waals surface area contributed by atoms with Crippen LogP contribution in [0.5, 0.6) is 17.4 Å². The Balaban J connectivity index is 1.68. The van der Waals surface area contributed by atoms with Crippen molar-refractivity contribution in [3.63, 3.8) is 0 Å². The fourth-order valence-corrected chi connectivity index (χ4v) is 5.17. The molecule has 1 aliphatic rings. The summed E-state index contributed by atoms with van der Waals surface area (Å²) in [6.07, 6.45) is -2.59. The Bertz CT molecular complexity index is 1570. The summed E-state index contributed by atoms with van der Waals surface area (Å²) in [5.74, 6) is -4.82. The quantitative estimate of drug-likeness (QED) is 0.429. The lowest BCUT2D eigenvalue weighted by Crippen LogP contribution is -2.58. The van der Waals surface area contributed by atoms with Gasteiger partial charge in [-0.15, -0.1) is 0 Å². The highest BCUT2D eigenvalue weighted by molar-refractivity contribution is 7.89. The molecule has 0 unspecified atom stereocenters. The van der Waals surface area contributed by atoms with Crippen LogP contribution in [-0.4, -0.2) is 56.6 Å². The molecule has 4 rings (SSSR count). The predicted octanol–water partition coefficient (Wildman–Crippen LogP) is 2.70. The van der Waals surface area contributed by atoms with E-state index in [9.17, 15) is 40.7 Å². The van der Waals surface area contributed by atoms with Crippen molar-refractivity contribution in [3.8, 4) is 23.1 Å². The van der Waals surface area contributed by atoms with Gasteiger partial charge in [0.05, 0.1) is 35.0 Å². The Morgan fingerprint density at radius 1 is 1.14 bits per heavy atom. The van der Waals surface area contributed by atoms with Gasteiger partial charge in [0.1, 0.15) is 4.90 Å². The zero-order valence-electron chi connectivity index (χ0n) is 17.3. The molecule has 2 N–H and O–H groups in total. The number of aromatic nitrogens is 4. The number of ether oxygens (including phenoxy) is 1. The number of hydrogen-bond donors (Lipinski definition) is 2. The Morgan fingerprint density at radius 2 is 1.75 bits per heavy atom. The summed E-state index contributed by atoms with van der Waals surface area (Å²) < 4.78 is 83.7. The molecule has 1 aliphatic heterocycles. The largest absolute Gasteiger partial charge is 0.505 e.